The number of sulfone groups is 3. The van der Waals surface area contributed by atoms with Gasteiger partial charge in [-0.3, -0.25) is 0 Å². The summed E-state index contributed by atoms with van der Waals surface area (Å²) < 4.78 is 75.8. The summed E-state index contributed by atoms with van der Waals surface area (Å²) in [4.78, 5) is 0. The molecule has 2 aromatic heterocycles. The minimum Gasteiger partial charge on any atom is -0.228 e. The van der Waals surface area contributed by atoms with E-state index in [0.717, 1.165) is 33.8 Å². The lowest BCUT2D eigenvalue weighted by molar-refractivity contribution is 0.591. The van der Waals surface area contributed by atoms with Gasteiger partial charge in [-0.25, -0.2) is 25.3 Å². The molecule has 4 aromatic rings. The Balaban J connectivity index is 1.33. The average Bonchev–Trinajstić information content (AvgIpc) is 3.43. The smallest absolute Gasteiger partial charge is 0.163 e. The van der Waals surface area contributed by atoms with Crippen molar-refractivity contribution in [3.63, 3.8) is 0 Å². The third-order valence-corrected chi connectivity index (χ3v) is 12.4. The van der Waals surface area contributed by atoms with Gasteiger partial charge < -0.3 is 0 Å². The third-order valence-electron chi connectivity index (χ3n) is 5.41. The maximum Gasteiger partial charge on any atom is 0.163 e. The van der Waals surface area contributed by atoms with Gasteiger partial charge in [-0.1, -0.05) is 82.3 Å². The van der Waals surface area contributed by atoms with E-state index >= 15 is 0 Å². The molecule has 0 saturated heterocycles. The Morgan fingerprint density at radius 2 is 0.718 bits per heavy atom. The van der Waals surface area contributed by atoms with Crippen molar-refractivity contribution < 1.29 is 25.3 Å². The molecule has 0 radical (unpaired) electrons. The number of nitrogens with zero attached hydrogens (tertiary/aromatic N) is 4. The van der Waals surface area contributed by atoms with Gasteiger partial charge in [0.25, 0.3) is 0 Å². The van der Waals surface area contributed by atoms with Crippen LogP contribution in [0, 0.1) is 13.8 Å². The molecule has 15 heteroatoms. The van der Waals surface area contributed by atoms with E-state index in [2.05, 4.69) is 20.4 Å². The second-order valence-electron chi connectivity index (χ2n) is 9.25. The predicted molar refractivity (Wildman–Crippen MR) is 151 cm³/mol. The van der Waals surface area contributed by atoms with Gasteiger partial charge in [0.2, 0.25) is 0 Å². The van der Waals surface area contributed by atoms with Gasteiger partial charge in [-0.05, 0) is 25.0 Å². The van der Waals surface area contributed by atoms with Gasteiger partial charge in [0, 0.05) is 0 Å². The van der Waals surface area contributed by atoms with Crippen molar-refractivity contribution >= 4 is 52.2 Å². The fourth-order valence-corrected chi connectivity index (χ4v) is 11.0. The first kappa shape index (κ1) is 29.4. The van der Waals surface area contributed by atoms with E-state index < -0.39 is 41.0 Å². The molecular weight excluding hydrogens is 601 g/mol. The van der Waals surface area contributed by atoms with Crippen molar-refractivity contribution in [2.45, 2.75) is 48.4 Å². The number of benzene rings is 2. The molecule has 0 aliphatic heterocycles. The summed E-state index contributed by atoms with van der Waals surface area (Å²) >= 11 is 1.86. The van der Waals surface area contributed by atoms with Crippen LogP contribution in [0.5, 0.6) is 0 Å². The standard InChI is InChI=1S/C24H26N4O6S5/c1-17-3-7-19(8-4-17)11-37(29,30)13-21-25-27-23(35-21)15-39(33,34)16-24-28-26-22(36-24)14-38(31,32)12-20-9-5-18(2)6-10-20/h3-10H,11-16H2,1-2H3. The molecule has 0 atom stereocenters. The summed E-state index contributed by atoms with van der Waals surface area (Å²) in [5.41, 5.74) is 3.37. The quantitative estimate of drug-likeness (QED) is 0.229. The Bertz CT molecular complexity index is 1630. The summed E-state index contributed by atoms with van der Waals surface area (Å²) in [6.07, 6.45) is 0. The molecule has 0 aliphatic carbocycles. The topological polar surface area (TPSA) is 154 Å². The first-order chi connectivity index (χ1) is 18.3. The molecule has 0 N–H and O–H groups in total. The molecule has 0 unspecified atom stereocenters. The van der Waals surface area contributed by atoms with E-state index in [1.165, 1.54) is 0 Å². The minimum atomic E-state index is -3.74. The van der Waals surface area contributed by atoms with Crippen molar-refractivity contribution in [2.75, 3.05) is 0 Å². The fourth-order valence-electron chi connectivity index (χ4n) is 3.59. The highest BCUT2D eigenvalue weighted by Gasteiger charge is 2.23. The maximum atomic E-state index is 12.7. The van der Waals surface area contributed by atoms with Crippen LogP contribution in [-0.4, -0.2) is 45.6 Å². The second-order valence-corrected chi connectivity index (χ2v) is 17.7. The largest absolute Gasteiger partial charge is 0.228 e. The maximum absolute atomic E-state index is 12.7. The van der Waals surface area contributed by atoms with E-state index in [1.54, 1.807) is 24.3 Å². The first-order valence-electron chi connectivity index (χ1n) is 11.6. The van der Waals surface area contributed by atoms with Crippen molar-refractivity contribution in [1.82, 2.24) is 20.4 Å². The highest BCUT2D eigenvalue weighted by molar-refractivity contribution is 7.90. The molecule has 0 saturated carbocycles. The van der Waals surface area contributed by atoms with Gasteiger partial charge in [-0.15, -0.1) is 20.4 Å². The van der Waals surface area contributed by atoms with Crippen LogP contribution >= 0.6 is 22.7 Å². The van der Waals surface area contributed by atoms with Crippen molar-refractivity contribution in [2.24, 2.45) is 0 Å². The molecule has 0 spiro atoms. The Morgan fingerprint density at radius 1 is 0.462 bits per heavy atom. The zero-order valence-electron chi connectivity index (χ0n) is 21.1. The molecule has 0 fully saturated rings. The number of aryl methyl sites for hydroxylation is 2. The monoisotopic (exact) mass is 626 g/mol. The SMILES string of the molecule is Cc1ccc(CS(=O)(=O)Cc2nnc(CS(=O)(=O)Cc3nnc(CS(=O)(=O)Cc4ccc(C)cc4)s3)s2)cc1. The lowest BCUT2D eigenvalue weighted by atomic mass is 10.2. The molecule has 0 amide bonds. The second kappa shape index (κ2) is 11.9. The highest BCUT2D eigenvalue weighted by atomic mass is 32.2. The van der Waals surface area contributed by atoms with E-state index in [0.29, 0.717) is 11.1 Å². The van der Waals surface area contributed by atoms with Crippen LogP contribution in [0.15, 0.2) is 48.5 Å². The van der Waals surface area contributed by atoms with E-state index in [-0.39, 0.29) is 43.0 Å². The molecular formula is C24H26N4O6S5. The third kappa shape index (κ3) is 9.24. The predicted octanol–water partition coefficient (Wildman–Crippen LogP) is 3.35. The number of hydrogen-bond acceptors (Lipinski definition) is 12. The number of hydrogen-bond donors (Lipinski definition) is 0. The molecule has 2 heterocycles. The van der Waals surface area contributed by atoms with Crippen molar-refractivity contribution in [1.29, 1.82) is 0 Å². The van der Waals surface area contributed by atoms with Crippen LogP contribution in [0.1, 0.15) is 42.3 Å². The molecule has 208 valence electrons. The summed E-state index contributed by atoms with van der Waals surface area (Å²) in [6, 6.07) is 14.4. The molecule has 0 bridgehead atoms. The van der Waals surface area contributed by atoms with Crippen molar-refractivity contribution in [3.8, 4) is 0 Å². The summed E-state index contributed by atoms with van der Waals surface area (Å²) in [6.45, 7) is 3.83. The van der Waals surface area contributed by atoms with Gasteiger partial charge in [0.05, 0.1) is 11.5 Å². The molecule has 39 heavy (non-hydrogen) atoms. The van der Waals surface area contributed by atoms with Gasteiger partial charge in [0.15, 0.2) is 29.5 Å². The Morgan fingerprint density at radius 3 is 1.00 bits per heavy atom. The van der Waals surface area contributed by atoms with Crippen LogP contribution in [0.2, 0.25) is 0 Å². The number of aromatic nitrogens is 4. The Hall–Kier alpha value is -2.59. The van der Waals surface area contributed by atoms with Crippen LogP contribution in [0.25, 0.3) is 0 Å². The first-order valence-corrected chi connectivity index (χ1v) is 18.7. The van der Waals surface area contributed by atoms with Crippen molar-refractivity contribution in [3.05, 3.63) is 90.8 Å². The van der Waals surface area contributed by atoms with Gasteiger partial charge in [-0.2, -0.15) is 0 Å². The average molecular weight is 627 g/mol. The van der Waals surface area contributed by atoms with Crippen LogP contribution < -0.4 is 0 Å². The highest BCUT2D eigenvalue weighted by Crippen LogP contribution is 2.22. The number of rotatable bonds is 12. The zero-order valence-corrected chi connectivity index (χ0v) is 25.2. The summed E-state index contributed by atoms with van der Waals surface area (Å²) in [7, 11) is -10.8. The van der Waals surface area contributed by atoms with E-state index in [1.807, 2.05) is 38.1 Å². The Labute approximate surface area is 235 Å². The minimum absolute atomic E-state index is 0.152. The zero-order chi connectivity index (χ0) is 28.3. The summed E-state index contributed by atoms with van der Waals surface area (Å²) in [5, 5.41) is 16.2. The lowest BCUT2D eigenvalue weighted by Gasteiger charge is -2.03. The fraction of sp³-hybridized carbons (Fsp3) is 0.333. The lowest BCUT2D eigenvalue weighted by Crippen LogP contribution is -2.07. The van der Waals surface area contributed by atoms with E-state index in [9.17, 15) is 25.3 Å². The molecule has 4 rings (SSSR count). The molecule has 2 aromatic carbocycles. The summed E-state index contributed by atoms with van der Waals surface area (Å²) in [5.74, 6) is -1.86. The normalized spacial score (nSPS) is 12.6. The van der Waals surface area contributed by atoms with E-state index in [4.69, 9.17) is 0 Å². The van der Waals surface area contributed by atoms with Gasteiger partial charge in [0.1, 0.15) is 43.0 Å². The van der Waals surface area contributed by atoms with Crippen LogP contribution in [0.4, 0.5) is 0 Å². The van der Waals surface area contributed by atoms with Crippen LogP contribution in [0.3, 0.4) is 0 Å². The van der Waals surface area contributed by atoms with Gasteiger partial charge >= 0.3 is 0 Å². The molecule has 10 nitrogen and oxygen atoms in total. The Kier molecular flexibility index (Phi) is 8.95. The van der Waals surface area contributed by atoms with Crippen LogP contribution in [-0.2, 0) is 64.0 Å². The molecule has 0 aliphatic rings.